The van der Waals surface area contributed by atoms with Crippen LogP contribution in [0.1, 0.15) is 41.6 Å². The molecule has 0 aromatic heterocycles. The topological polar surface area (TPSA) is 61.4 Å². The summed E-state index contributed by atoms with van der Waals surface area (Å²) >= 11 is 0. The van der Waals surface area contributed by atoms with Crippen molar-refractivity contribution in [1.82, 2.24) is 15.5 Å². The van der Waals surface area contributed by atoms with Crippen LogP contribution < -0.4 is 10.6 Å². The molecule has 5 nitrogen and oxygen atoms in total. The number of nitrogens with zero attached hydrogens (tertiary/aromatic N) is 1. The Kier molecular flexibility index (Phi) is 6.04. The second-order valence-electron chi connectivity index (χ2n) is 7.20. The standard InChI is InChI=1S/C19H24F3N3O2/c20-19(21,22)15-7-2-1-6-14(15)18(27)25-10-4-5-13(12-25)11-24-17(26)16-8-3-9-23-16/h1-2,6-7,13,16,23H,3-5,8-12H2,(H,24,26). The van der Waals surface area contributed by atoms with Crippen LogP contribution in [0.3, 0.4) is 0 Å². The van der Waals surface area contributed by atoms with Crippen molar-refractivity contribution in [3.05, 3.63) is 35.4 Å². The van der Waals surface area contributed by atoms with E-state index in [1.807, 2.05) is 0 Å². The van der Waals surface area contributed by atoms with Gasteiger partial charge in [0.1, 0.15) is 0 Å². The van der Waals surface area contributed by atoms with Crippen molar-refractivity contribution < 1.29 is 22.8 Å². The Morgan fingerprint density at radius 2 is 1.96 bits per heavy atom. The van der Waals surface area contributed by atoms with E-state index in [1.54, 1.807) is 0 Å². The first-order valence-corrected chi connectivity index (χ1v) is 9.33. The molecule has 2 atom stereocenters. The Bertz CT molecular complexity index is 687. The maximum atomic E-state index is 13.2. The SMILES string of the molecule is O=C(NCC1CCCN(C(=O)c2ccccc2C(F)(F)F)C1)C1CCCN1. The summed E-state index contributed by atoms with van der Waals surface area (Å²) in [5, 5.41) is 6.04. The molecule has 2 unspecified atom stereocenters. The Hall–Kier alpha value is -2.09. The molecule has 148 valence electrons. The lowest BCUT2D eigenvalue weighted by Crippen LogP contribution is -2.47. The molecular weight excluding hydrogens is 359 g/mol. The van der Waals surface area contributed by atoms with E-state index in [0.717, 1.165) is 31.9 Å². The number of halogens is 3. The van der Waals surface area contributed by atoms with Gasteiger partial charge in [0.05, 0.1) is 17.2 Å². The molecule has 1 aromatic rings. The van der Waals surface area contributed by atoms with Crippen molar-refractivity contribution in [2.75, 3.05) is 26.2 Å². The normalized spacial score (nSPS) is 23.3. The molecule has 2 saturated heterocycles. The molecule has 0 radical (unpaired) electrons. The van der Waals surface area contributed by atoms with E-state index in [2.05, 4.69) is 10.6 Å². The van der Waals surface area contributed by atoms with Crippen LogP contribution in [-0.2, 0) is 11.0 Å². The third-order valence-corrected chi connectivity index (χ3v) is 5.21. The number of carbonyl (C=O) groups is 2. The van der Waals surface area contributed by atoms with E-state index in [1.165, 1.54) is 23.1 Å². The molecule has 0 spiro atoms. The van der Waals surface area contributed by atoms with Gasteiger partial charge >= 0.3 is 6.18 Å². The van der Waals surface area contributed by atoms with Gasteiger partial charge in [-0.25, -0.2) is 0 Å². The highest BCUT2D eigenvalue weighted by molar-refractivity contribution is 5.96. The first-order chi connectivity index (χ1) is 12.9. The van der Waals surface area contributed by atoms with E-state index in [4.69, 9.17) is 0 Å². The molecule has 2 aliphatic rings. The molecule has 0 bridgehead atoms. The summed E-state index contributed by atoms with van der Waals surface area (Å²) in [6, 6.07) is 4.72. The minimum Gasteiger partial charge on any atom is -0.354 e. The number of alkyl halides is 3. The van der Waals surface area contributed by atoms with E-state index >= 15 is 0 Å². The molecule has 27 heavy (non-hydrogen) atoms. The van der Waals surface area contributed by atoms with Gasteiger partial charge in [-0.3, -0.25) is 9.59 Å². The Balaban J connectivity index is 1.61. The van der Waals surface area contributed by atoms with Gasteiger partial charge < -0.3 is 15.5 Å². The summed E-state index contributed by atoms with van der Waals surface area (Å²) in [4.78, 5) is 26.3. The lowest BCUT2D eigenvalue weighted by Gasteiger charge is -2.33. The molecule has 8 heteroatoms. The average molecular weight is 383 g/mol. The van der Waals surface area contributed by atoms with Crippen molar-refractivity contribution >= 4 is 11.8 Å². The first-order valence-electron chi connectivity index (χ1n) is 9.33. The molecule has 0 aliphatic carbocycles. The van der Waals surface area contributed by atoms with Crippen LogP contribution in [0.5, 0.6) is 0 Å². The van der Waals surface area contributed by atoms with Crippen LogP contribution in [0.15, 0.2) is 24.3 Å². The van der Waals surface area contributed by atoms with Gasteiger partial charge in [0.2, 0.25) is 5.91 Å². The second-order valence-corrected chi connectivity index (χ2v) is 7.20. The molecule has 2 amide bonds. The number of amides is 2. The quantitative estimate of drug-likeness (QED) is 0.840. The van der Waals surface area contributed by atoms with E-state index < -0.39 is 17.6 Å². The zero-order valence-electron chi connectivity index (χ0n) is 15.0. The smallest absolute Gasteiger partial charge is 0.354 e. The third-order valence-electron chi connectivity index (χ3n) is 5.21. The van der Waals surface area contributed by atoms with Gasteiger partial charge in [0.15, 0.2) is 0 Å². The number of likely N-dealkylation sites (tertiary alicyclic amines) is 1. The molecule has 3 rings (SSSR count). The van der Waals surface area contributed by atoms with Crippen molar-refractivity contribution in [2.24, 2.45) is 5.92 Å². The van der Waals surface area contributed by atoms with E-state index in [9.17, 15) is 22.8 Å². The van der Waals surface area contributed by atoms with Gasteiger partial charge in [-0.15, -0.1) is 0 Å². The van der Waals surface area contributed by atoms with E-state index in [0.29, 0.717) is 26.1 Å². The molecular formula is C19H24F3N3O2. The van der Waals surface area contributed by atoms with Crippen molar-refractivity contribution in [3.63, 3.8) is 0 Å². The van der Waals surface area contributed by atoms with Crippen LogP contribution in [0.25, 0.3) is 0 Å². The summed E-state index contributed by atoms with van der Waals surface area (Å²) in [7, 11) is 0. The Morgan fingerprint density at radius 3 is 2.67 bits per heavy atom. The fraction of sp³-hybridized carbons (Fsp3) is 0.579. The number of carbonyl (C=O) groups excluding carboxylic acids is 2. The predicted molar refractivity (Wildman–Crippen MR) is 94.1 cm³/mol. The summed E-state index contributed by atoms with van der Waals surface area (Å²) in [5.41, 5.74) is -1.22. The fourth-order valence-electron chi connectivity index (χ4n) is 3.78. The van der Waals surface area contributed by atoms with E-state index in [-0.39, 0.29) is 23.4 Å². The van der Waals surface area contributed by atoms with Gasteiger partial charge in [0, 0.05) is 19.6 Å². The van der Waals surface area contributed by atoms with Gasteiger partial charge in [-0.05, 0) is 50.3 Å². The molecule has 2 fully saturated rings. The zero-order chi connectivity index (χ0) is 19.4. The predicted octanol–water partition coefficient (Wildman–Crippen LogP) is 2.43. The summed E-state index contributed by atoms with van der Waals surface area (Å²) in [6.45, 7) is 2.05. The maximum absolute atomic E-state index is 13.2. The largest absolute Gasteiger partial charge is 0.417 e. The van der Waals surface area contributed by atoms with Crippen LogP contribution >= 0.6 is 0 Å². The first kappa shape index (κ1) is 19.7. The highest BCUT2D eigenvalue weighted by Gasteiger charge is 2.36. The summed E-state index contributed by atoms with van der Waals surface area (Å²) in [5.74, 6) is -0.596. The van der Waals surface area contributed by atoms with Crippen molar-refractivity contribution in [2.45, 2.75) is 37.9 Å². The van der Waals surface area contributed by atoms with Gasteiger partial charge in [0.25, 0.3) is 5.91 Å². The number of hydrogen-bond acceptors (Lipinski definition) is 3. The third kappa shape index (κ3) is 4.80. The highest BCUT2D eigenvalue weighted by atomic mass is 19.4. The van der Waals surface area contributed by atoms with Gasteiger partial charge in [-0.1, -0.05) is 12.1 Å². The Morgan fingerprint density at radius 1 is 1.19 bits per heavy atom. The van der Waals surface area contributed by atoms with Crippen LogP contribution in [-0.4, -0.2) is 48.9 Å². The molecule has 0 saturated carbocycles. The minimum atomic E-state index is -4.57. The Labute approximate surface area is 156 Å². The average Bonchev–Trinajstić information content (AvgIpc) is 3.20. The zero-order valence-corrected chi connectivity index (χ0v) is 15.0. The summed E-state index contributed by atoms with van der Waals surface area (Å²) in [6.07, 6.45) is -1.23. The number of benzene rings is 1. The van der Waals surface area contributed by atoms with Gasteiger partial charge in [-0.2, -0.15) is 13.2 Å². The molecule has 2 N–H and O–H groups in total. The molecule has 2 heterocycles. The highest BCUT2D eigenvalue weighted by Crippen LogP contribution is 2.33. The minimum absolute atomic E-state index is 0.0432. The van der Waals surface area contributed by atoms with Crippen LogP contribution in [0.2, 0.25) is 0 Å². The number of rotatable bonds is 4. The second kappa shape index (κ2) is 8.29. The number of piperidine rings is 1. The number of nitrogens with one attached hydrogen (secondary N) is 2. The number of hydrogen-bond donors (Lipinski definition) is 2. The van der Waals surface area contributed by atoms with Crippen molar-refractivity contribution in [1.29, 1.82) is 0 Å². The monoisotopic (exact) mass is 383 g/mol. The van der Waals surface area contributed by atoms with Crippen LogP contribution in [0, 0.1) is 5.92 Å². The summed E-state index contributed by atoms with van der Waals surface area (Å²) < 4.78 is 39.6. The maximum Gasteiger partial charge on any atom is 0.417 e. The lowest BCUT2D eigenvalue weighted by atomic mass is 9.96. The molecule has 2 aliphatic heterocycles. The van der Waals surface area contributed by atoms with Crippen LogP contribution in [0.4, 0.5) is 13.2 Å². The fourth-order valence-corrected chi connectivity index (χ4v) is 3.78. The molecule has 1 aromatic carbocycles. The van der Waals surface area contributed by atoms with Crippen molar-refractivity contribution in [3.8, 4) is 0 Å². The lowest BCUT2D eigenvalue weighted by molar-refractivity contribution is -0.138.